The maximum atomic E-state index is 12.3. The highest BCUT2D eigenvalue weighted by atomic mass is 16.2. The Labute approximate surface area is 146 Å². The lowest BCUT2D eigenvalue weighted by Gasteiger charge is -2.17. The number of aryl methyl sites for hydroxylation is 2. The molecule has 0 spiro atoms. The van der Waals surface area contributed by atoms with E-state index in [0.29, 0.717) is 12.5 Å². The highest BCUT2D eigenvalue weighted by Gasteiger charge is 2.13. The summed E-state index contributed by atoms with van der Waals surface area (Å²) in [6.45, 7) is 2.46. The molecule has 0 fully saturated rings. The van der Waals surface area contributed by atoms with Gasteiger partial charge >= 0.3 is 6.03 Å². The topological polar surface area (TPSA) is 80.9 Å². The molecule has 0 unspecified atom stereocenters. The number of nitrogens with one attached hydrogen (secondary N) is 1. The van der Waals surface area contributed by atoms with Gasteiger partial charge in [-0.2, -0.15) is 10.1 Å². The number of carbonyl (C=O) groups excluding carboxylic acids is 1. The molecule has 2 amide bonds. The second kappa shape index (κ2) is 7.16. The van der Waals surface area contributed by atoms with E-state index in [1.807, 2.05) is 50.5 Å². The fourth-order valence-electron chi connectivity index (χ4n) is 2.53. The number of hydrogen-bond donors (Lipinski definition) is 1. The average molecular weight is 339 g/mol. The van der Waals surface area contributed by atoms with E-state index in [0.717, 1.165) is 23.5 Å². The minimum atomic E-state index is -0.252. The first-order valence-electron chi connectivity index (χ1n) is 8.08. The van der Waals surface area contributed by atoms with Crippen molar-refractivity contribution in [3.8, 4) is 5.69 Å². The summed E-state index contributed by atoms with van der Waals surface area (Å²) in [6.07, 6.45) is 4.37. The largest absolute Gasteiger partial charge is 0.324 e. The predicted molar refractivity (Wildman–Crippen MR) is 94.4 cm³/mol. The molecule has 0 saturated carbocycles. The van der Waals surface area contributed by atoms with E-state index in [-0.39, 0.29) is 6.03 Å². The van der Waals surface area contributed by atoms with Crippen LogP contribution in [0.4, 0.5) is 10.7 Å². The van der Waals surface area contributed by atoms with Crippen LogP contribution in [0.25, 0.3) is 5.69 Å². The number of nitrogens with zero attached hydrogens (tertiary/aromatic N) is 6. The Morgan fingerprint density at radius 1 is 1.32 bits per heavy atom. The van der Waals surface area contributed by atoms with E-state index in [1.165, 1.54) is 0 Å². The highest BCUT2D eigenvalue weighted by molar-refractivity contribution is 5.87. The Hall–Kier alpha value is -3.16. The lowest BCUT2D eigenvalue weighted by Crippen LogP contribution is -2.31. The summed E-state index contributed by atoms with van der Waals surface area (Å²) in [6, 6.07) is 9.52. The lowest BCUT2D eigenvalue weighted by atomic mass is 10.2. The zero-order chi connectivity index (χ0) is 17.8. The second-order valence-electron chi connectivity index (χ2n) is 5.74. The summed E-state index contributed by atoms with van der Waals surface area (Å²) < 4.78 is 3.46. The van der Waals surface area contributed by atoms with Crippen LogP contribution in [0, 0.1) is 0 Å². The van der Waals surface area contributed by atoms with Gasteiger partial charge in [-0.25, -0.2) is 9.48 Å². The highest BCUT2D eigenvalue weighted by Crippen LogP contribution is 2.12. The van der Waals surface area contributed by atoms with Gasteiger partial charge in [-0.05, 0) is 23.8 Å². The molecule has 0 bridgehead atoms. The van der Waals surface area contributed by atoms with Crippen molar-refractivity contribution in [1.82, 2.24) is 29.4 Å². The van der Waals surface area contributed by atoms with Crippen molar-refractivity contribution in [3.05, 3.63) is 54.1 Å². The number of rotatable bonds is 5. The minimum absolute atomic E-state index is 0.252. The van der Waals surface area contributed by atoms with Gasteiger partial charge < -0.3 is 4.90 Å². The van der Waals surface area contributed by atoms with Gasteiger partial charge in [-0.1, -0.05) is 19.1 Å². The summed E-state index contributed by atoms with van der Waals surface area (Å²) in [5.41, 5.74) is 1.96. The van der Waals surface area contributed by atoms with Crippen molar-refractivity contribution in [3.63, 3.8) is 0 Å². The Bertz CT molecular complexity index is 854. The van der Waals surface area contributed by atoms with Crippen LogP contribution in [0.15, 0.2) is 42.7 Å². The molecule has 3 aromatic rings. The number of aromatic nitrogens is 5. The van der Waals surface area contributed by atoms with E-state index in [4.69, 9.17) is 0 Å². The van der Waals surface area contributed by atoms with Crippen LogP contribution in [0.3, 0.4) is 0 Å². The van der Waals surface area contributed by atoms with Gasteiger partial charge in [0.25, 0.3) is 0 Å². The molecule has 3 rings (SSSR count). The van der Waals surface area contributed by atoms with Crippen molar-refractivity contribution >= 4 is 12.0 Å². The quantitative estimate of drug-likeness (QED) is 0.773. The van der Waals surface area contributed by atoms with Crippen molar-refractivity contribution in [2.45, 2.75) is 19.9 Å². The fourth-order valence-corrected chi connectivity index (χ4v) is 2.53. The number of carbonyl (C=O) groups is 1. The molecule has 8 heteroatoms. The number of anilines is 1. The smallest absolute Gasteiger partial charge is 0.323 e. The van der Waals surface area contributed by atoms with Crippen molar-refractivity contribution in [2.75, 3.05) is 12.4 Å². The van der Waals surface area contributed by atoms with Gasteiger partial charge in [0.15, 0.2) is 0 Å². The first kappa shape index (κ1) is 16.7. The number of benzene rings is 1. The maximum absolute atomic E-state index is 12.3. The third-order valence-electron chi connectivity index (χ3n) is 3.83. The number of amides is 2. The standard InChI is InChI=1S/C17H21N7O/c1-4-15-19-16(21-23(15)3)20-17(25)22(2)12-13-7-5-8-14(11-13)24-10-6-9-18-24/h5-11H,4,12H2,1-3H3,(H,20,21,25). The normalized spacial score (nSPS) is 10.7. The third kappa shape index (κ3) is 3.85. The second-order valence-corrected chi connectivity index (χ2v) is 5.74. The first-order chi connectivity index (χ1) is 12.1. The molecule has 1 N–H and O–H groups in total. The Balaban J connectivity index is 1.66. The maximum Gasteiger partial charge on any atom is 0.324 e. The van der Waals surface area contributed by atoms with Crippen molar-refractivity contribution in [1.29, 1.82) is 0 Å². The fraction of sp³-hybridized carbons (Fsp3) is 0.294. The molecule has 0 aliphatic carbocycles. The predicted octanol–water partition coefficient (Wildman–Crippen LogP) is 2.23. The van der Waals surface area contributed by atoms with Crippen molar-refractivity contribution < 1.29 is 4.79 Å². The Morgan fingerprint density at radius 3 is 2.84 bits per heavy atom. The zero-order valence-electron chi connectivity index (χ0n) is 14.5. The molecule has 25 heavy (non-hydrogen) atoms. The van der Waals surface area contributed by atoms with Crippen LogP contribution in [0.5, 0.6) is 0 Å². The van der Waals surface area contributed by atoms with Gasteiger partial charge in [0.2, 0.25) is 5.95 Å². The van der Waals surface area contributed by atoms with E-state index < -0.39 is 0 Å². The number of hydrogen-bond acceptors (Lipinski definition) is 4. The van der Waals surface area contributed by atoms with Crippen LogP contribution in [-0.2, 0) is 20.0 Å². The summed E-state index contributed by atoms with van der Waals surface area (Å²) in [5, 5.41) is 11.1. The van der Waals surface area contributed by atoms with Gasteiger partial charge in [0.05, 0.1) is 5.69 Å². The summed E-state index contributed by atoms with van der Waals surface area (Å²) in [4.78, 5) is 18.2. The van der Waals surface area contributed by atoms with Crippen LogP contribution in [0.1, 0.15) is 18.3 Å². The van der Waals surface area contributed by atoms with Gasteiger partial charge in [0.1, 0.15) is 5.82 Å². The molecule has 8 nitrogen and oxygen atoms in total. The van der Waals surface area contributed by atoms with E-state index in [2.05, 4.69) is 20.5 Å². The summed E-state index contributed by atoms with van der Waals surface area (Å²) >= 11 is 0. The molecule has 2 heterocycles. The third-order valence-corrected chi connectivity index (χ3v) is 3.83. The van der Waals surface area contributed by atoms with Gasteiger partial charge in [-0.15, -0.1) is 5.10 Å². The van der Waals surface area contributed by atoms with Crippen LogP contribution in [0.2, 0.25) is 0 Å². The Kier molecular flexibility index (Phi) is 4.78. The molecule has 130 valence electrons. The van der Waals surface area contributed by atoms with E-state index in [9.17, 15) is 4.79 Å². The lowest BCUT2D eigenvalue weighted by molar-refractivity contribution is 0.220. The molecular weight excluding hydrogens is 318 g/mol. The Morgan fingerprint density at radius 2 is 2.16 bits per heavy atom. The molecule has 0 radical (unpaired) electrons. The van der Waals surface area contributed by atoms with Gasteiger partial charge in [0, 0.05) is 39.5 Å². The number of urea groups is 1. The first-order valence-corrected chi connectivity index (χ1v) is 8.08. The van der Waals surface area contributed by atoms with Gasteiger partial charge in [-0.3, -0.25) is 10.00 Å². The molecule has 0 aliphatic heterocycles. The minimum Gasteiger partial charge on any atom is -0.323 e. The molecule has 0 saturated heterocycles. The zero-order valence-corrected chi connectivity index (χ0v) is 14.5. The van der Waals surface area contributed by atoms with Crippen molar-refractivity contribution in [2.24, 2.45) is 7.05 Å². The van der Waals surface area contributed by atoms with Crippen LogP contribution >= 0.6 is 0 Å². The van der Waals surface area contributed by atoms with E-state index in [1.54, 1.807) is 27.5 Å². The average Bonchev–Trinajstić information content (AvgIpc) is 3.24. The summed E-state index contributed by atoms with van der Waals surface area (Å²) in [7, 11) is 3.55. The van der Waals surface area contributed by atoms with E-state index >= 15 is 0 Å². The van der Waals surface area contributed by atoms with Crippen LogP contribution < -0.4 is 5.32 Å². The monoisotopic (exact) mass is 339 g/mol. The molecule has 2 aromatic heterocycles. The molecule has 0 atom stereocenters. The SMILES string of the molecule is CCc1nc(NC(=O)N(C)Cc2cccc(-n3cccn3)c2)nn1C. The molecule has 1 aromatic carbocycles. The molecule has 0 aliphatic rings. The van der Waals surface area contributed by atoms with Crippen LogP contribution in [-0.4, -0.2) is 42.5 Å². The molecular formula is C17H21N7O. The summed E-state index contributed by atoms with van der Waals surface area (Å²) in [5.74, 6) is 1.14.